The second-order valence-corrected chi connectivity index (χ2v) is 6.03. The smallest absolute Gasteiger partial charge is 0.407 e. The highest BCUT2D eigenvalue weighted by molar-refractivity contribution is 5.67. The molecule has 2 aromatic rings. The summed E-state index contributed by atoms with van der Waals surface area (Å²) in [7, 11) is 1.79. The van der Waals surface area contributed by atoms with Crippen molar-refractivity contribution in [2.24, 2.45) is 0 Å². The summed E-state index contributed by atoms with van der Waals surface area (Å²) in [6.45, 7) is 3.04. The van der Waals surface area contributed by atoms with Crippen molar-refractivity contribution in [1.82, 2.24) is 10.6 Å². The molecule has 0 heterocycles. The number of ether oxygens (including phenoxy) is 2. The Hall–Kier alpha value is -2.60. The van der Waals surface area contributed by atoms with Gasteiger partial charge in [-0.1, -0.05) is 30.3 Å². The molecule has 0 aliphatic carbocycles. The number of alkyl carbamates (subject to hydrolysis) is 1. The van der Waals surface area contributed by atoms with E-state index in [1.165, 1.54) is 12.1 Å². The lowest BCUT2D eigenvalue weighted by Gasteiger charge is -2.16. The molecular weight excluding hydrogens is 335 g/mol. The van der Waals surface area contributed by atoms with Crippen LogP contribution < -0.4 is 15.4 Å². The second kappa shape index (κ2) is 10.4. The van der Waals surface area contributed by atoms with Gasteiger partial charge in [-0.2, -0.15) is 0 Å². The number of hydrogen-bond acceptors (Lipinski definition) is 4. The van der Waals surface area contributed by atoms with Gasteiger partial charge in [0.15, 0.2) is 0 Å². The van der Waals surface area contributed by atoms with Crippen molar-refractivity contribution >= 4 is 6.09 Å². The third kappa shape index (κ3) is 6.72. The Morgan fingerprint density at radius 3 is 2.69 bits per heavy atom. The molecule has 0 aliphatic heterocycles. The molecule has 0 spiro atoms. The van der Waals surface area contributed by atoms with Gasteiger partial charge < -0.3 is 20.1 Å². The maximum Gasteiger partial charge on any atom is 0.407 e. The van der Waals surface area contributed by atoms with Crippen molar-refractivity contribution in [3.8, 4) is 5.75 Å². The number of carbonyl (C=O) groups excluding carboxylic acids is 1. The standard InChI is InChI=1S/C20H25FN2O3/c1-15(23-20(24)26-14-16-6-4-3-5-7-16)10-11-25-19-9-8-18(21)12-17(19)13-22-2/h3-9,12,15,22H,10-11,13-14H2,1-2H3,(H,23,24)/t15-/m1/s1. The van der Waals surface area contributed by atoms with Gasteiger partial charge in [0, 0.05) is 24.6 Å². The molecule has 140 valence electrons. The summed E-state index contributed by atoms with van der Waals surface area (Å²) >= 11 is 0. The summed E-state index contributed by atoms with van der Waals surface area (Å²) in [5, 5.41) is 5.76. The van der Waals surface area contributed by atoms with E-state index in [4.69, 9.17) is 9.47 Å². The predicted octanol–water partition coefficient (Wildman–Crippen LogP) is 3.63. The fourth-order valence-corrected chi connectivity index (χ4v) is 2.40. The normalized spacial score (nSPS) is 11.7. The van der Waals surface area contributed by atoms with Crippen LogP contribution in [-0.4, -0.2) is 25.8 Å². The highest BCUT2D eigenvalue weighted by atomic mass is 19.1. The minimum Gasteiger partial charge on any atom is -0.493 e. The highest BCUT2D eigenvalue weighted by Crippen LogP contribution is 2.20. The van der Waals surface area contributed by atoms with E-state index in [2.05, 4.69) is 10.6 Å². The van der Waals surface area contributed by atoms with Gasteiger partial charge in [-0.05, 0) is 37.7 Å². The Morgan fingerprint density at radius 1 is 1.19 bits per heavy atom. The Labute approximate surface area is 153 Å². The zero-order valence-corrected chi connectivity index (χ0v) is 15.1. The van der Waals surface area contributed by atoms with Crippen LogP contribution >= 0.6 is 0 Å². The number of amides is 1. The number of rotatable bonds is 9. The molecule has 5 nitrogen and oxygen atoms in total. The lowest BCUT2D eigenvalue weighted by atomic mass is 10.2. The second-order valence-electron chi connectivity index (χ2n) is 6.03. The molecule has 2 rings (SSSR count). The average Bonchev–Trinajstić information content (AvgIpc) is 2.63. The van der Waals surface area contributed by atoms with Crippen molar-refractivity contribution in [2.75, 3.05) is 13.7 Å². The highest BCUT2D eigenvalue weighted by Gasteiger charge is 2.10. The van der Waals surface area contributed by atoms with Crippen LogP contribution in [0.25, 0.3) is 0 Å². The van der Waals surface area contributed by atoms with Gasteiger partial charge in [0.1, 0.15) is 18.2 Å². The Kier molecular flexibility index (Phi) is 7.89. The molecule has 2 N–H and O–H groups in total. The molecule has 6 heteroatoms. The van der Waals surface area contributed by atoms with Crippen LogP contribution in [0.2, 0.25) is 0 Å². The first-order valence-electron chi connectivity index (χ1n) is 8.61. The lowest BCUT2D eigenvalue weighted by Crippen LogP contribution is -2.34. The molecule has 0 bridgehead atoms. The van der Waals surface area contributed by atoms with Crippen molar-refractivity contribution in [1.29, 1.82) is 0 Å². The summed E-state index contributed by atoms with van der Waals surface area (Å²) in [6, 6.07) is 13.8. The van der Waals surface area contributed by atoms with Crippen LogP contribution in [0.3, 0.4) is 0 Å². The van der Waals surface area contributed by atoms with Crippen molar-refractivity contribution in [3.63, 3.8) is 0 Å². The van der Waals surface area contributed by atoms with Crippen LogP contribution in [-0.2, 0) is 17.9 Å². The number of benzene rings is 2. The molecule has 0 aromatic heterocycles. The van der Waals surface area contributed by atoms with Crippen LogP contribution in [0.15, 0.2) is 48.5 Å². The van der Waals surface area contributed by atoms with E-state index in [9.17, 15) is 9.18 Å². The summed E-state index contributed by atoms with van der Waals surface area (Å²) in [4.78, 5) is 11.8. The van der Waals surface area contributed by atoms with Gasteiger partial charge in [-0.3, -0.25) is 0 Å². The van der Waals surface area contributed by atoms with Crippen LogP contribution in [0, 0.1) is 5.82 Å². The molecular formula is C20H25FN2O3. The lowest BCUT2D eigenvalue weighted by molar-refractivity contribution is 0.135. The van der Waals surface area contributed by atoms with E-state index >= 15 is 0 Å². The average molecular weight is 360 g/mol. The monoisotopic (exact) mass is 360 g/mol. The van der Waals surface area contributed by atoms with E-state index in [0.29, 0.717) is 25.3 Å². The molecule has 0 aliphatic rings. The molecule has 0 saturated heterocycles. The first-order valence-corrected chi connectivity index (χ1v) is 8.61. The molecule has 0 unspecified atom stereocenters. The number of nitrogens with one attached hydrogen (secondary N) is 2. The van der Waals surface area contributed by atoms with E-state index in [-0.39, 0.29) is 18.5 Å². The Balaban J connectivity index is 1.71. The summed E-state index contributed by atoms with van der Waals surface area (Å²) in [6.07, 6.45) is 0.149. The first-order chi connectivity index (χ1) is 12.6. The minimum absolute atomic E-state index is 0.105. The van der Waals surface area contributed by atoms with E-state index in [1.807, 2.05) is 37.3 Å². The minimum atomic E-state index is -0.459. The maximum absolute atomic E-state index is 13.3. The number of hydrogen-bond donors (Lipinski definition) is 2. The van der Waals surface area contributed by atoms with Crippen molar-refractivity contribution in [3.05, 3.63) is 65.5 Å². The first kappa shape index (κ1) is 19.7. The molecule has 1 atom stereocenters. The third-order valence-corrected chi connectivity index (χ3v) is 3.78. The third-order valence-electron chi connectivity index (χ3n) is 3.78. The zero-order valence-electron chi connectivity index (χ0n) is 15.1. The molecule has 0 radical (unpaired) electrons. The Morgan fingerprint density at radius 2 is 1.96 bits per heavy atom. The number of halogens is 1. The number of carbonyl (C=O) groups is 1. The molecule has 0 saturated carbocycles. The largest absolute Gasteiger partial charge is 0.493 e. The molecule has 2 aromatic carbocycles. The van der Waals surface area contributed by atoms with Gasteiger partial charge >= 0.3 is 6.09 Å². The van der Waals surface area contributed by atoms with Gasteiger partial charge in [-0.15, -0.1) is 0 Å². The van der Waals surface area contributed by atoms with Gasteiger partial charge in [0.05, 0.1) is 6.61 Å². The van der Waals surface area contributed by atoms with Crippen molar-refractivity contribution < 1.29 is 18.7 Å². The SMILES string of the molecule is CNCc1cc(F)ccc1OCC[C@@H](C)NC(=O)OCc1ccccc1. The maximum atomic E-state index is 13.3. The van der Waals surface area contributed by atoms with E-state index < -0.39 is 6.09 Å². The van der Waals surface area contributed by atoms with Crippen LogP contribution in [0.4, 0.5) is 9.18 Å². The fourth-order valence-electron chi connectivity index (χ4n) is 2.40. The van der Waals surface area contributed by atoms with Crippen LogP contribution in [0.5, 0.6) is 5.75 Å². The quantitative estimate of drug-likeness (QED) is 0.717. The fraction of sp³-hybridized carbons (Fsp3) is 0.350. The van der Waals surface area contributed by atoms with Gasteiger partial charge in [0.2, 0.25) is 0 Å². The summed E-state index contributed by atoms with van der Waals surface area (Å²) < 4.78 is 24.2. The molecule has 0 fully saturated rings. The zero-order chi connectivity index (χ0) is 18.8. The van der Waals surface area contributed by atoms with Crippen molar-refractivity contribution in [2.45, 2.75) is 32.5 Å². The molecule has 1 amide bonds. The predicted molar refractivity (Wildman–Crippen MR) is 98.5 cm³/mol. The van der Waals surface area contributed by atoms with E-state index in [0.717, 1.165) is 11.1 Å². The van der Waals surface area contributed by atoms with Crippen LogP contribution in [0.1, 0.15) is 24.5 Å². The summed E-state index contributed by atoms with van der Waals surface area (Å²) in [5.41, 5.74) is 1.70. The van der Waals surface area contributed by atoms with Gasteiger partial charge in [-0.25, -0.2) is 9.18 Å². The summed E-state index contributed by atoms with van der Waals surface area (Å²) in [5.74, 6) is 0.346. The van der Waals surface area contributed by atoms with E-state index in [1.54, 1.807) is 13.1 Å². The topological polar surface area (TPSA) is 59.6 Å². The Bertz CT molecular complexity index is 695. The van der Waals surface area contributed by atoms with Gasteiger partial charge in [0.25, 0.3) is 0 Å². The molecule has 26 heavy (non-hydrogen) atoms.